The van der Waals surface area contributed by atoms with Crippen LogP contribution in [0.2, 0.25) is 0 Å². The molecule has 6 nitrogen and oxygen atoms in total. The number of aromatic nitrogens is 1. The van der Waals surface area contributed by atoms with E-state index in [0.29, 0.717) is 31.1 Å². The molecule has 2 heterocycles. The Kier molecular flexibility index (Phi) is 5.38. The molecule has 1 aliphatic rings. The molecule has 0 bridgehead atoms. The van der Waals surface area contributed by atoms with Crippen LogP contribution in [-0.2, 0) is 14.6 Å². The zero-order valence-corrected chi connectivity index (χ0v) is 17.6. The van der Waals surface area contributed by atoms with Crippen LogP contribution in [0.25, 0.3) is 16.3 Å². The first-order valence-electron chi connectivity index (χ1n) is 9.28. The Morgan fingerprint density at radius 1 is 1.07 bits per heavy atom. The molecule has 1 amide bonds. The number of hydrogen-bond acceptors (Lipinski definition) is 6. The normalized spacial score (nSPS) is 15.3. The summed E-state index contributed by atoms with van der Waals surface area (Å²) in [4.78, 5) is 21.4. The Bertz CT molecular complexity index is 1160. The van der Waals surface area contributed by atoms with Crippen LogP contribution < -0.4 is 4.90 Å². The summed E-state index contributed by atoms with van der Waals surface area (Å²) in [6, 6.07) is 14.8. The molecule has 1 aliphatic heterocycles. The summed E-state index contributed by atoms with van der Waals surface area (Å²) >= 11 is 1.48. The van der Waals surface area contributed by atoms with Crippen LogP contribution in [-0.4, -0.2) is 56.6 Å². The standard InChI is InChI=1S/C21H21N3O3S2/c1-29(26,27)17-8-9-18-19(15-17)28-21(22-18)24-13-11-23(12-14-24)20(25)10-7-16-5-3-2-4-6-16/h2-10,15H,11-14H2,1H3/b10-7+. The van der Waals surface area contributed by atoms with E-state index in [1.165, 1.54) is 17.6 Å². The summed E-state index contributed by atoms with van der Waals surface area (Å²) in [7, 11) is -3.24. The van der Waals surface area contributed by atoms with E-state index in [1.54, 1.807) is 24.3 Å². The predicted octanol–water partition coefficient (Wildman–Crippen LogP) is 3.06. The topological polar surface area (TPSA) is 70.6 Å². The van der Waals surface area contributed by atoms with Gasteiger partial charge < -0.3 is 9.80 Å². The average Bonchev–Trinajstić information content (AvgIpc) is 3.16. The third-order valence-corrected chi connectivity index (χ3v) is 7.05. The Labute approximate surface area is 174 Å². The highest BCUT2D eigenvalue weighted by Crippen LogP contribution is 2.31. The Morgan fingerprint density at radius 2 is 1.79 bits per heavy atom. The zero-order chi connectivity index (χ0) is 20.4. The van der Waals surface area contributed by atoms with Crippen LogP contribution in [0.15, 0.2) is 59.5 Å². The minimum Gasteiger partial charge on any atom is -0.345 e. The molecule has 0 radical (unpaired) electrons. The van der Waals surface area contributed by atoms with Gasteiger partial charge in [-0.2, -0.15) is 0 Å². The molecule has 0 saturated carbocycles. The third-order valence-electron chi connectivity index (χ3n) is 4.86. The molecule has 1 aromatic heterocycles. The summed E-state index contributed by atoms with van der Waals surface area (Å²) in [5, 5.41) is 0.859. The van der Waals surface area contributed by atoms with Gasteiger partial charge >= 0.3 is 0 Å². The molecule has 2 aromatic carbocycles. The smallest absolute Gasteiger partial charge is 0.246 e. The fourth-order valence-electron chi connectivity index (χ4n) is 3.21. The largest absolute Gasteiger partial charge is 0.345 e. The number of hydrogen-bond donors (Lipinski definition) is 0. The highest BCUT2D eigenvalue weighted by Gasteiger charge is 2.22. The first-order chi connectivity index (χ1) is 13.9. The molecule has 0 aliphatic carbocycles. The SMILES string of the molecule is CS(=O)(=O)c1ccc2nc(N3CCN(C(=O)/C=C/c4ccccc4)CC3)sc2c1. The number of sulfone groups is 1. The lowest BCUT2D eigenvalue weighted by molar-refractivity contribution is -0.126. The quantitative estimate of drug-likeness (QED) is 0.599. The van der Waals surface area contributed by atoms with E-state index in [1.807, 2.05) is 41.3 Å². The molecule has 29 heavy (non-hydrogen) atoms. The van der Waals surface area contributed by atoms with Gasteiger partial charge in [0.25, 0.3) is 0 Å². The number of amides is 1. The summed E-state index contributed by atoms with van der Waals surface area (Å²) in [6.07, 6.45) is 4.66. The molecule has 0 N–H and O–H groups in total. The van der Waals surface area contributed by atoms with Crippen LogP contribution in [0, 0.1) is 0 Å². The van der Waals surface area contributed by atoms with Gasteiger partial charge in [-0.3, -0.25) is 4.79 Å². The van der Waals surface area contributed by atoms with Crippen molar-refractivity contribution in [2.24, 2.45) is 0 Å². The summed E-state index contributed by atoms with van der Waals surface area (Å²) in [6.45, 7) is 2.65. The molecule has 0 spiro atoms. The van der Waals surface area contributed by atoms with Gasteiger partial charge in [0.2, 0.25) is 5.91 Å². The average molecular weight is 428 g/mol. The van der Waals surface area contributed by atoms with Gasteiger partial charge in [-0.05, 0) is 29.8 Å². The first kappa shape index (κ1) is 19.6. The van der Waals surface area contributed by atoms with E-state index < -0.39 is 9.84 Å². The second kappa shape index (κ2) is 7.96. The molecule has 0 unspecified atom stereocenters. The number of rotatable bonds is 4. The maximum absolute atomic E-state index is 12.4. The predicted molar refractivity (Wildman–Crippen MR) is 117 cm³/mol. The third kappa shape index (κ3) is 4.49. The fourth-order valence-corrected chi connectivity index (χ4v) is 4.99. The van der Waals surface area contributed by atoms with Crippen LogP contribution >= 0.6 is 11.3 Å². The monoisotopic (exact) mass is 427 g/mol. The van der Waals surface area contributed by atoms with E-state index in [-0.39, 0.29) is 5.91 Å². The van der Waals surface area contributed by atoms with Gasteiger partial charge in [-0.25, -0.2) is 13.4 Å². The summed E-state index contributed by atoms with van der Waals surface area (Å²) in [5.41, 5.74) is 1.80. The number of nitrogens with zero attached hydrogens (tertiary/aromatic N) is 3. The summed E-state index contributed by atoms with van der Waals surface area (Å²) in [5.74, 6) is 0.00981. The van der Waals surface area contributed by atoms with Crippen molar-refractivity contribution in [2.75, 3.05) is 37.3 Å². The van der Waals surface area contributed by atoms with Crippen LogP contribution in [0.4, 0.5) is 5.13 Å². The van der Waals surface area contributed by atoms with Crippen molar-refractivity contribution in [1.82, 2.24) is 9.88 Å². The number of benzene rings is 2. The van der Waals surface area contributed by atoms with Gasteiger partial charge in [0.05, 0.1) is 15.1 Å². The Hall–Kier alpha value is -2.71. The van der Waals surface area contributed by atoms with Gasteiger partial charge in [0.15, 0.2) is 15.0 Å². The van der Waals surface area contributed by atoms with Crippen molar-refractivity contribution in [3.63, 3.8) is 0 Å². The van der Waals surface area contributed by atoms with E-state index in [9.17, 15) is 13.2 Å². The molecular formula is C21H21N3O3S2. The molecule has 8 heteroatoms. The molecule has 1 saturated heterocycles. The highest BCUT2D eigenvalue weighted by atomic mass is 32.2. The number of fused-ring (bicyclic) bond motifs is 1. The number of thiazole rings is 1. The molecule has 150 valence electrons. The highest BCUT2D eigenvalue weighted by molar-refractivity contribution is 7.90. The van der Waals surface area contributed by atoms with Crippen molar-refractivity contribution in [3.8, 4) is 0 Å². The van der Waals surface area contributed by atoms with E-state index in [4.69, 9.17) is 0 Å². The van der Waals surface area contributed by atoms with Crippen LogP contribution in [0.3, 0.4) is 0 Å². The molecule has 3 aromatic rings. The fraction of sp³-hybridized carbons (Fsp3) is 0.238. The Morgan fingerprint density at radius 3 is 2.48 bits per heavy atom. The number of piperazine rings is 1. The molecular weight excluding hydrogens is 406 g/mol. The lowest BCUT2D eigenvalue weighted by Crippen LogP contribution is -2.48. The lowest BCUT2D eigenvalue weighted by Gasteiger charge is -2.34. The molecule has 4 rings (SSSR count). The Balaban J connectivity index is 1.41. The second-order valence-electron chi connectivity index (χ2n) is 6.95. The second-order valence-corrected chi connectivity index (χ2v) is 9.98. The summed E-state index contributed by atoms with van der Waals surface area (Å²) < 4.78 is 24.4. The van der Waals surface area contributed by atoms with Crippen molar-refractivity contribution >= 4 is 48.5 Å². The van der Waals surface area contributed by atoms with Gasteiger partial charge in [-0.15, -0.1) is 0 Å². The van der Waals surface area contributed by atoms with Crippen molar-refractivity contribution in [3.05, 3.63) is 60.2 Å². The van der Waals surface area contributed by atoms with E-state index >= 15 is 0 Å². The minimum atomic E-state index is -3.24. The molecule has 0 atom stereocenters. The van der Waals surface area contributed by atoms with E-state index in [2.05, 4.69) is 9.88 Å². The maximum atomic E-state index is 12.4. The number of carbonyl (C=O) groups is 1. The maximum Gasteiger partial charge on any atom is 0.246 e. The van der Waals surface area contributed by atoms with Gasteiger partial charge in [0, 0.05) is 38.5 Å². The van der Waals surface area contributed by atoms with Crippen molar-refractivity contribution in [2.45, 2.75) is 4.90 Å². The van der Waals surface area contributed by atoms with Crippen LogP contribution in [0.1, 0.15) is 5.56 Å². The van der Waals surface area contributed by atoms with E-state index in [0.717, 1.165) is 20.9 Å². The first-order valence-corrected chi connectivity index (χ1v) is 12.0. The van der Waals surface area contributed by atoms with Crippen LogP contribution in [0.5, 0.6) is 0 Å². The van der Waals surface area contributed by atoms with Crippen molar-refractivity contribution < 1.29 is 13.2 Å². The van der Waals surface area contributed by atoms with Gasteiger partial charge in [-0.1, -0.05) is 41.7 Å². The number of anilines is 1. The number of carbonyl (C=O) groups excluding carboxylic acids is 1. The minimum absolute atomic E-state index is 0.00981. The lowest BCUT2D eigenvalue weighted by atomic mass is 10.2. The molecule has 1 fully saturated rings. The van der Waals surface area contributed by atoms with Crippen molar-refractivity contribution in [1.29, 1.82) is 0 Å². The van der Waals surface area contributed by atoms with Gasteiger partial charge in [0.1, 0.15) is 0 Å². The zero-order valence-electron chi connectivity index (χ0n) is 16.0.